The van der Waals surface area contributed by atoms with Gasteiger partial charge in [0.15, 0.2) is 0 Å². The van der Waals surface area contributed by atoms with Crippen molar-refractivity contribution in [3.05, 3.63) is 16.4 Å². The molecule has 4 nitrogen and oxygen atoms in total. The molecule has 0 aliphatic carbocycles. The Kier molecular flexibility index (Phi) is 5.01. The minimum absolute atomic E-state index is 0.112. The van der Waals surface area contributed by atoms with Crippen molar-refractivity contribution in [3.8, 4) is 0 Å². The fraction of sp³-hybridized carbons (Fsp3) is 0.812. The van der Waals surface area contributed by atoms with Crippen LogP contribution in [0.25, 0.3) is 0 Å². The first-order chi connectivity index (χ1) is 9.76. The van der Waals surface area contributed by atoms with Crippen molar-refractivity contribution in [1.82, 2.24) is 15.1 Å². The van der Waals surface area contributed by atoms with E-state index in [4.69, 9.17) is 16.3 Å². The number of aryl methyl sites for hydroxylation is 2. The zero-order valence-electron chi connectivity index (χ0n) is 13.9. The molecule has 0 bridgehead atoms. The SMILES string of the molecule is CCc1nn(C)c(CC2(CNC(C)(C)C)CCOC2)c1Cl. The van der Waals surface area contributed by atoms with Crippen LogP contribution >= 0.6 is 11.6 Å². The largest absolute Gasteiger partial charge is 0.381 e. The molecule has 1 atom stereocenters. The Morgan fingerprint density at radius 3 is 2.62 bits per heavy atom. The van der Waals surface area contributed by atoms with Gasteiger partial charge >= 0.3 is 0 Å². The van der Waals surface area contributed by atoms with Crippen molar-refractivity contribution in [1.29, 1.82) is 0 Å². The molecule has 1 unspecified atom stereocenters. The second kappa shape index (κ2) is 6.27. The van der Waals surface area contributed by atoms with Gasteiger partial charge in [-0.1, -0.05) is 18.5 Å². The van der Waals surface area contributed by atoms with E-state index in [0.717, 1.165) is 55.4 Å². The summed E-state index contributed by atoms with van der Waals surface area (Å²) < 4.78 is 7.64. The van der Waals surface area contributed by atoms with Crippen LogP contribution < -0.4 is 5.32 Å². The summed E-state index contributed by atoms with van der Waals surface area (Å²) in [5.41, 5.74) is 2.36. The topological polar surface area (TPSA) is 39.1 Å². The molecule has 0 radical (unpaired) electrons. The molecule has 0 aromatic carbocycles. The minimum atomic E-state index is 0.112. The highest BCUT2D eigenvalue weighted by atomic mass is 35.5. The summed E-state index contributed by atoms with van der Waals surface area (Å²) in [6.07, 6.45) is 2.86. The summed E-state index contributed by atoms with van der Waals surface area (Å²) in [6.45, 7) is 11.3. The van der Waals surface area contributed by atoms with Crippen molar-refractivity contribution in [2.24, 2.45) is 12.5 Å². The first-order valence-corrected chi connectivity index (χ1v) is 8.17. The van der Waals surface area contributed by atoms with E-state index in [1.807, 2.05) is 11.7 Å². The molecule has 1 saturated heterocycles. The number of halogens is 1. The predicted molar refractivity (Wildman–Crippen MR) is 86.9 cm³/mol. The maximum absolute atomic E-state index is 6.52. The van der Waals surface area contributed by atoms with Crippen LogP contribution in [0.5, 0.6) is 0 Å². The predicted octanol–water partition coefficient (Wildman–Crippen LogP) is 2.97. The molecule has 1 N–H and O–H groups in total. The van der Waals surface area contributed by atoms with Gasteiger partial charge in [-0.15, -0.1) is 0 Å². The van der Waals surface area contributed by atoms with Crippen LogP contribution in [0.4, 0.5) is 0 Å². The van der Waals surface area contributed by atoms with Gasteiger partial charge in [0, 0.05) is 31.2 Å². The lowest BCUT2D eigenvalue weighted by molar-refractivity contribution is 0.142. The molecular weight excluding hydrogens is 286 g/mol. The standard InChI is InChI=1S/C16H28ClN3O/c1-6-12-14(17)13(20(5)19-12)9-16(7-8-21-11-16)10-18-15(2,3)4/h18H,6-11H2,1-5H3. The number of nitrogens with one attached hydrogen (secondary N) is 1. The van der Waals surface area contributed by atoms with Crippen molar-refractivity contribution in [2.75, 3.05) is 19.8 Å². The van der Waals surface area contributed by atoms with Gasteiger partial charge in [-0.25, -0.2) is 0 Å². The van der Waals surface area contributed by atoms with Gasteiger partial charge in [0.2, 0.25) is 0 Å². The van der Waals surface area contributed by atoms with Gasteiger partial charge in [-0.3, -0.25) is 4.68 Å². The van der Waals surface area contributed by atoms with Crippen LogP contribution in [-0.4, -0.2) is 35.1 Å². The molecule has 0 saturated carbocycles. The van der Waals surface area contributed by atoms with Gasteiger partial charge in [0.25, 0.3) is 0 Å². The van der Waals surface area contributed by atoms with Gasteiger partial charge in [-0.05, 0) is 40.0 Å². The highest BCUT2D eigenvalue weighted by molar-refractivity contribution is 6.31. The summed E-state index contributed by atoms with van der Waals surface area (Å²) in [6, 6.07) is 0. The van der Waals surface area contributed by atoms with E-state index in [-0.39, 0.29) is 11.0 Å². The van der Waals surface area contributed by atoms with E-state index < -0.39 is 0 Å². The van der Waals surface area contributed by atoms with Gasteiger partial charge in [0.1, 0.15) is 0 Å². The third kappa shape index (κ3) is 3.99. The number of ether oxygens (including phenoxy) is 1. The fourth-order valence-corrected chi connectivity index (χ4v) is 3.17. The van der Waals surface area contributed by atoms with Crippen LogP contribution in [0.1, 0.15) is 45.5 Å². The van der Waals surface area contributed by atoms with Crippen LogP contribution in [-0.2, 0) is 24.6 Å². The first kappa shape index (κ1) is 16.8. The molecule has 21 heavy (non-hydrogen) atoms. The molecule has 1 aliphatic heterocycles. The molecule has 1 aromatic rings. The number of nitrogens with zero attached hydrogens (tertiary/aromatic N) is 2. The fourth-order valence-electron chi connectivity index (χ4n) is 2.81. The quantitative estimate of drug-likeness (QED) is 0.908. The lowest BCUT2D eigenvalue weighted by atomic mass is 9.81. The van der Waals surface area contributed by atoms with Crippen LogP contribution in [0.15, 0.2) is 0 Å². The second-order valence-corrected chi connectivity index (χ2v) is 7.65. The van der Waals surface area contributed by atoms with Gasteiger partial charge in [0.05, 0.1) is 23.0 Å². The van der Waals surface area contributed by atoms with Crippen LogP contribution in [0.3, 0.4) is 0 Å². The third-order valence-electron chi connectivity index (χ3n) is 4.22. The Balaban J connectivity index is 2.18. The zero-order chi connectivity index (χ0) is 15.7. The van der Waals surface area contributed by atoms with E-state index in [1.54, 1.807) is 0 Å². The average Bonchev–Trinajstić information content (AvgIpc) is 2.96. The molecule has 5 heteroatoms. The Morgan fingerprint density at radius 1 is 1.43 bits per heavy atom. The second-order valence-electron chi connectivity index (χ2n) is 7.27. The highest BCUT2D eigenvalue weighted by Crippen LogP contribution is 2.35. The molecule has 1 fully saturated rings. The Hall–Kier alpha value is -0.580. The molecule has 0 amide bonds. The van der Waals surface area contributed by atoms with E-state index in [2.05, 4.69) is 38.1 Å². The number of hydrogen-bond acceptors (Lipinski definition) is 3. The highest BCUT2D eigenvalue weighted by Gasteiger charge is 2.37. The normalized spacial score (nSPS) is 23.0. The molecule has 1 aliphatic rings. The Labute approximate surface area is 133 Å². The third-order valence-corrected chi connectivity index (χ3v) is 4.66. The monoisotopic (exact) mass is 313 g/mol. The zero-order valence-corrected chi connectivity index (χ0v) is 14.7. The van der Waals surface area contributed by atoms with E-state index in [0.29, 0.717) is 0 Å². The molecule has 0 spiro atoms. The average molecular weight is 314 g/mol. The van der Waals surface area contributed by atoms with Crippen LogP contribution in [0, 0.1) is 5.41 Å². The van der Waals surface area contributed by atoms with Crippen molar-refractivity contribution in [2.45, 2.75) is 52.5 Å². The minimum Gasteiger partial charge on any atom is -0.381 e. The van der Waals surface area contributed by atoms with E-state index in [9.17, 15) is 0 Å². The molecule has 2 heterocycles. The summed E-state index contributed by atoms with van der Waals surface area (Å²) >= 11 is 6.52. The Bertz CT molecular complexity index is 484. The summed E-state index contributed by atoms with van der Waals surface area (Å²) in [4.78, 5) is 0. The number of aromatic nitrogens is 2. The summed E-state index contributed by atoms with van der Waals surface area (Å²) in [5.74, 6) is 0. The molecule has 120 valence electrons. The lowest BCUT2D eigenvalue weighted by Crippen LogP contribution is -2.45. The number of hydrogen-bond donors (Lipinski definition) is 1. The van der Waals surface area contributed by atoms with E-state index >= 15 is 0 Å². The van der Waals surface area contributed by atoms with Gasteiger partial charge in [-0.2, -0.15) is 5.10 Å². The smallest absolute Gasteiger partial charge is 0.0849 e. The Morgan fingerprint density at radius 2 is 2.14 bits per heavy atom. The van der Waals surface area contributed by atoms with Crippen molar-refractivity contribution < 1.29 is 4.74 Å². The summed E-state index contributed by atoms with van der Waals surface area (Å²) in [7, 11) is 1.99. The molecular formula is C16H28ClN3O. The summed E-state index contributed by atoms with van der Waals surface area (Å²) in [5, 5.41) is 9.00. The number of rotatable bonds is 5. The van der Waals surface area contributed by atoms with Crippen molar-refractivity contribution >= 4 is 11.6 Å². The lowest BCUT2D eigenvalue weighted by Gasteiger charge is -2.32. The molecule has 2 rings (SSSR count). The van der Waals surface area contributed by atoms with Gasteiger partial charge < -0.3 is 10.1 Å². The maximum atomic E-state index is 6.52. The van der Waals surface area contributed by atoms with Crippen LogP contribution in [0.2, 0.25) is 5.02 Å². The molecule has 1 aromatic heterocycles. The maximum Gasteiger partial charge on any atom is 0.0849 e. The van der Waals surface area contributed by atoms with Crippen molar-refractivity contribution in [3.63, 3.8) is 0 Å². The first-order valence-electron chi connectivity index (χ1n) is 7.79. The van der Waals surface area contributed by atoms with E-state index in [1.165, 1.54) is 0 Å².